The summed E-state index contributed by atoms with van der Waals surface area (Å²) >= 11 is 0. The van der Waals surface area contributed by atoms with Crippen LogP contribution in [0, 0.1) is 17.8 Å². The molecule has 0 spiro atoms. The van der Waals surface area contributed by atoms with E-state index in [0.29, 0.717) is 5.54 Å². The second kappa shape index (κ2) is 6.36. The molecule has 1 saturated heterocycles. The molecule has 2 rings (SSSR count). The summed E-state index contributed by atoms with van der Waals surface area (Å²) in [6, 6.07) is 1.54. The Balaban J connectivity index is 2.19. The lowest BCUT2D eigenvalue weighted by Gasteiger charge is -2.52. The zero-order chi connectivity index (χ0) is 14.9. The standard InChI is InChI=1S/C18H36N2/c1-7-18(8-2)12-20(17(11-19-18)13(3)4)16-10-9-14(5)15(16)6/h13-17,19H,7-12H2,1-6H3. The van der Waals surface area contributed by atoms with Gasteiger partial charge in [0.2, 0.25) is 0 Å². The molecule has 2 nitrogen and oxygen atoms in total. The first-order valence-corrected chi connectivity index (χ1v) is 8.95. The normalized spacial score (nSPS) is 38.5. The molecule has 1 N–H and O–H groups in total. The van der Waals surface area contributed by atoms with Crippen molar-refractivity contribution < 1.29 is 0 Å². The van der Waals surface area contributed by atoms with Crippen LogP contribution in [-0.2, 0) is 0 Å². The highest BCUT2D eigenvalue weighted by Gasteiger charge is 2.44. The molecule has 1 saturated carbocycles. The molecule has 1 aliphatic carbocycles. The monoisotopic (exact) mass is 280 g/mol. The van der Waals surface area contributed by atoms with E-state index in [0.717, 1.165) is 29.8 Å². The number of nitrogens with one attached hydrogen (secondary N) is 1. The Hall–Kier alpha value is -0.0800. The summed E-state index contributed by atoms with van der Waals surface area (Å²) in [7, 11) is 0. The van der Waals surface area contributed by atoms with Gasteiger partial charge in [-0.15, -0.1) is 0 Å². The van der Waals surface area contributed by atoms with Crippen LogP contribution in [0.3, 0.4) is 0 Å². The van der Waals surface area contributed by atoms with Crippen molar-refractivity contribution in [3.8, 4) is 0 Å². The molecular weight excluding hydrogens is 244 g/mol. The molecule has 2 fully saturated rings. The van der Waals surface area contributed by atoms with E-state index in [9.17, 15) is 0 Å². The number of rotatable bonds is 4. The third-order valence-corrected chi connectivity index (χ3v) is 6.57. The van der Waals surface area contributed by atoms with E-state index in [1.165, 1.54) is 38.8 Å². The molecule has 1 aliphatic heterocycles. The van der Waals surface area contributed by atoms with Crippen LogP contribution in [0.5, 0.6) is 0 Å². The Bertz CT molecular complexity index is 309. The highest BCUT2D eigenvalue weighted by Crippen LogP contribution is 2.38. The van der Waals surface area contributed by atoms with Crippen molar-refractivity contribution in [3.63, 3.8) is 0 Å². The van der Waals surface area contributed by atoms with Gasteiger partial charge in [0, 0.05) is 30.7 Å². The lowest BCUT2D eigenvalue weighted by molar-refractivity contribution is 0.00391. The Morgan fingerprint density at radius 2 is 1.80 bits per heavy atom. The Morgan fingerprint density at radius 1 is 1.15 bits per heavy atom. The molecule has 0 aromatic carbocycles. The summed E-state index contributed by atoms with van der Waals surface area (Å²) in [5.41, 5.74) is 0.358. The van der Waals surface area contributed by atoms with Crippen molar-refractivity contribution >= 4 is 0 Å². The number of piperazine rings is 1. The lowest BCUT2D eigenvalue weighted by atomic mass is 9.84. The van der Waals surface area contributed by atoms with E-state index in [4.69, 9.17) is 0 Å². The molecule has 0 aromatic heterocycles. The van der Waals surface area contributed by atoms with Gasteiger partial charge >= 0.3 is 0 Å². The van der Waals surface area contributed by atoms with Gasteiger partial charge in [0.1, 0.15) is 0 Å². The summed E-state index contributed by atoms with van der Waals surface area (Å²) in [6.07, 6.45) is 5.34. The second-order valence-electron chi connectivity index (χ2n) is 7.83. The minimum Gasteiger partial charge on any atom is -0.308 e. The molecule has 0 aromatic rings. The summed E-state index contributed by atoms with van der Waals surface area (Å²) in [5.74, 6) is 2.51. The highest BCUT2D eigenvalue weighted by atomic mass is 15.3. The molecule has 0 radical (unpaired) electrons. The Labute approximate surface area is 126 Å². The van der Waals surface area contributed by atoms with Crippen LogP contribution in [0.25, 0.3) is 0 Å². The van der Waals surface area contributed by atoms with Crippen molar-refractivity contribution in [2.45, 2.75) is 84.8 Å². The minimum atomic E-state index is 0.358. The van der Waals surface area contributed by atoms with Gasteiger partial charge in [-0.05, 0) is 43.4 Å². The van der Waals surface area contributed by atoms with Crippen molar-refractivity contribution in [2.75, 3.05) is 13.1 Å². The summed E-state index contributed by atoms with van der Waals surface area (Å²) in [6.45, 7) is 16.9. The fraction of sp³-hybridized carbons (Fsp3) is 1.00. The van der Waals surface area contributed by atoms with E-state index in [1.807, 2.05) is 0 Å². The zero-order valence-corrected chi connectivity index (χ0v) is 14.6. The Kier molecular flexibility index (Phi) is 5.18. The van der Waals surface area contributed by atoms with E-state index < -0.39 is 0 Å². The maximum Gasteiger partial charge on any atom is 0.0304 e. The van der Waals surface area contributed by atoms with Crippen molar-refractivity contribution in [2.24, 2.45) is 17.8 Å². The highest BCUT2D eigenvalue weighted by molar-refractivity contribution is 5.01. The van der Waals surface area contributed by atoms with Crippen LogP contribution in [0.2, 0.25) is 0 Å². The van der Waals surface area contributed by atoms with Crippen LogP contribution in [0.15, 0.2) is 0 Å². The molecule has 2 heteroatoms. The van der Waals surface area contributed by atoms with Gasteiger partial charge in [0.05, 0.1) is 0 Å². The first kappa shape index (κ1) is 16.3. The molecule has 4 unspecified atom stereocenters. The molecule has 1 heterocycles. The van der Waals surface area contributed by atoms with Crippen LogP contribution < -0.4 is 5.32 Å². The van der Waals surface area contributed by atoms with Gasteiger partial charge in [-0.25, -0.2) is 0 Å². The fourth-order valence-electron chi connectivity index (χ4n) is 4.47. The lowest BCUT2D eigenvalue weighted by Crippen LogP contribution is -2.67. The van der Waals surface area contributed by atoms with E-state index in [1.54, 1.807) is 0 Å². The SMILES string of the molecule is CCC1(CC)CN(C2CCC(C)C2C)C(C(C)C)CN1. The first-order chi connectivity index (χ1) is 9.44. The van der Waals surface area contributed by atoms with Crippen LogP contribution in [-0.4, -0.2) is 35.6 Å². The van der Waals surface area contributed by atoms with Crippen molar-refractivity contribution in [1.82, 2.24) is 10.2 Å². The fourth-order valence-corrected chi connectivity index (χ4v) is 4.47. The third kappa shape index (κ3) is 2.92. The van der Waals surface area contributed by atoms with Crippen molar-refractivity contribution in [1.29, 1.82) is 0 Å². The topological polar surface area (TPSA) is 15.3 Å². The van der Waals surface area contributed by atoms with Crippen LogP contribution in [0.1, 0.15) is 67.2 Å². The predicted octanol–water partition coefficient (Wildman–Crippen LogP) is 3.91. The number of nitrogens with zero attached hydrogens (tertiary/aromatic N) is 1. The van der Waals surface area contributed by atoms with Gasteiger partial charge in [-0.2, -0.15) is 0 Å². The molecular formula is C18H36N2. The smallest absolute Gasteiger partial charge is 0.0304 e. The zero-order valence-electron chi connectivity index (χ0n) is 14.6. The maximum atomic E-state index is 3.90. The predicted molar refractivity (Wildman–Crippen MR) is 88.0 cm³/mol. The van der Waals surface area contributed by atoms with E-state index in [-0.39, 0.29) is 0 Å². The number of hydrogen-bond donors (Lipinski definition) is 1. The molecule has 118 valence electrons. The van der Waals surface area contributed by atoms with Gasteiger partial charge in [-0.1, -0.05) is 41.5 Å². The third-order valence-electron chi connectivity index (χ3n) is 6.57. The van der Waals surface area contributed by atoms with E-state index in [2.05, 4.69) is 51.8 Å². The molecule has 0 amide bonds. The Morgan fingerprint density at radius 3 is 2.25 bits per heavy atom. The van der Waals surface area contributed by atoms with Crippen LogP contribution in [0.4, 0.5) is 0 Å². The summed E-state index contributed by atoms with van der Waals surface area (Å²) < 4.78 is 0. The quantitative estimate of drug-likeness (QED) is 0.840. The van der Waals surface area contributed by atoms with Gasteiger partial charge in [0.15, 0.2) is 0 Å². The molecule has 2 aliphatic rings. The number of hydrogen-bond acceptors (Lipinski definition) is 2. The van der Waals surface area contributed by atoms with Gasteiger partial charge in [-0.3, -0.25) is 4.90 Å². The van der Waals surface area contributed by atoms with Crippen molar-refractivity contribution in [3.05, 3.63) is 0 Å². The molecule has 0 bridgehead atoms. The molecule has 20 heavy (non-hydrogen) atoms. The summed E-state index contributed by atoms with van der Waals surface area (Å²) in [5, 5.41) is 3.90. The minimum absolute atomic E-state index is 0.358. The first-order valence-electron chi connectivity index (χ1n) is 8.95. The average molecular weight is 280 g/mol. The van der Waals surface area contributed by atoms with Gasteiger partial charge in [0.25, 0.3) is 0 Å². The van der Waals surface area contributed by atoms with E-state index >= 15 is 0 Å². The maximum absolute atomic E-state index is 3.90. The molecule has 4 atom stereocenters. The van der Waals surface area contributed by atoms with Gasteiger partial charge < -0.3 is 5.32 Å². The average Bonchev–Trinajstić information content (AvgIpc) is 2.78. The largest absolute Gasteiger partial charge is 0.308 e. The van der Waals surface area contributed by atoms with Crippen LogP contribution >= 0.6 is 0 Å². The second-order valence-corrected chi connectivity index (χ2v) is 7.83. The summed E-state index contributed by atoms with van der Waals surface area (Å²) in [4.78, 5) is 2.91.